The van der Waals surface area contributed by atoms with Crippen molar-refractivity contribution in [3.05, 3.63) is 35.9 Å². The molecular formula is C14H20N3O4P. The first-order valence-corrected chi connectivity index (χ1v) is 7.25. The summed E-state index contributed by atoms with van der Waals surface area (Å²) < 4.78 is 4.46. The fourth-order valence-electron chi connectivity index (χ4n) is 1.75. The highest BCUT2D eigenvalue weighted by Crippen LogP contribution is 2.03. The molecular weight excluding hydrogens is 305 g/mol. The van der Waals surface area contributed by atoms with Crippen LogP contribution in [-0.4, -0.2) is 44.0 Å². The Morgan fingerprint density at radius 3 is 2.45 bits per heavy atom. The first-order valence-electron chi connectivity index (χ1n) is 6.68. The second-order valence-electron chi connectivity index (χ2n) is 4.48. The third-order valence-corrected chi connectivity index (χ3v) is 3.04. The van der Waals surface area contributed by atoms with Crippen LogP contribution in [0.3, 0.4) is 0 Å². The largest absolute Gasteiger partial charge is 0.468 e. The zero-order valence-electron chi connectivity index (χ0n) is 12.3. The number of rotatable bonds is 8. The maximum atomic E-state index is 12.1. The summed E-state index contributed by atoms with van der Waals surface area (Å²) in [5, 5.41) is 7.71. The molecule has 1 aromatic rings. The predicted molar refractivity (Wildman–Crippen MR) is 84.8 cm³/mol. The Balaban J connectivity index is 2.70. The topological polar surface area (TPSA) is 96.5 Å². The normalized spacial score (nSPS) is 11.4. The fraction of sp³-hybridized carbons (Fsp3) is 0.357. The van der Waals surface area contributed by atoms with Gasteiger partial charge in [0.1, 0.15) is 12.6 Å². The van der Waals surface area contributed by atoms with Gasteiger partial charge in [-0.15, -0.1) is 0 Å². The summed E-state index contributed by atoms with van der Waals surface area (Å²) in [4.78, 5) is 34.9. The number of benzene rings is 1. The van der Waals surface area contributed by atoms with E-state index in [2.05, 4.69) is 29.8 Å². The summed E-state index contributed by atoms with van der Waals surface area (Å²) in [5.41, 5.74) is 0.903. The van der Waals surface area contributed by atoms with Gasteiger partial charge in [-0.2, -0.15) is 0 Å². The molecule has 0 radical (unpaired) electrons. The van der Waals surface area contributed by atoms with Crippen LogP contribution in [0.5, 0.6) is 0 Å². The van der Waals surface area contributed by atoms with E-state index in [-0.39, 0.29) is 19.0 Å². The molecule has 0 bridgehead atoms. The lowest BCUT2D eigenvalue weighted by Crippen LogP contribution is -2.50. The minimum atomic E-state index is -0.766. The summed E-state index contributed by atoms with van der Waals surface area (Å²) in [6.45, 7) is -0.168. The molecule has 0 heterocycles. The van der Waals surface area contributed by atoms with Crippen LogP contribution in [0.4, 0.5) is 0 Å². The lowest BCUT2D eigenvalue weighted by atomic mass is 10.1. The minimum absolute atomic E-state index is 0.0697. The average molecular weight is 325 g/mol. The standard InChI is InChI=1S/C14H20N3O4P/c1-21-13(19)9-15-14(20)11(17-12(18)8-16-22)7-10-5-3-2-4-6-10/h2-6,11,16H,7-9,22H2,1H3,(H,15,20)(H,17,18). The third kappa shape index (κ3) is 6.65. The minimum Gasteiger partial charge on any atom is -0.468 e. The van der Waals surface area contributed by atoms with Crippen molar-refractivity contribution in [3.63, 3.8) is 0 Å². The van der Waals surface area contributed by atoms with Crippen LogP contribution >= 0.6 is 9.39 Å². The Bertz CT molecular complexity index is 510. The second kappa shape index (κ2) is 9.87. The van der Waals surface area contributed by atoms with E-state index in [4.69, 9.17) is 0 Å². The van der Waals surface area contributed by atoms with Crippen molar-refractivity contribution in [1.29, 1.82) is 0 Å². The van der Waals surface area contributed by atoms with Gasteiger partial charge < -0.3 is 15.4 Å². The Kier molecular flexibility index (Phi) is 8.10. The van der Waals surface area contributed by atoms with Crippen LogP contribution in [-0.2, 0) is 25.5 Å². The third-order valence-electron chi connectivity index (χ3n) is 2.83. The van der Waals surface area contributed by atoms with Crippen LogP contribution in [0.25, 0.3) is 0 Å². The van der Waals surface area contributed by atoms with Crippen molar-refractivity contribution < 1.29 is 19.1 Å². The number of amides is 2. The number of hydrogen-bond acceptors (Lipinski definition) is 5. The molecule has 0 fully saturated rings. The molecule has 2 atom stereocenters. The lowest BCUT2D eigenvalue weighted by molar-refractivity contribution is -0.141. The van der Waals surface area contributed by atoms with Crippen LogP contribution in [0.15, 0.2) is 30.3 Å². The highest BCUT2D eigenvalue weighted by atomic mass is 31.0. The van der Waals surface area contributed by atoms with E-state index in [0.29, 0.717) is 6.42 Å². The van der Waals surface area contributed by atoms with Gasteiger partial charge >= 0.3 is 5.97 Å². The van der Waals surface area contributed by atoms with Gasteiger partial charge in [0.25, 0.3) is 0 Å². The van der Waals surface area contributed by atoms with Gasteiger partial charge in [0.05, 0.1) is 13.7 Å². The van der Waals surface area contributed by atoms with Gasteiger partial charge in [-0.3, -0.25) is 19.5 Å². The van der Waals surface area contributed by atoms with Crippen LogP contribution < -0.4 is 15.7 Å². The number of methoxy groups -OCH3 is 1. The summed E-state index contributed by atoms with van der Waals surface area (Å²) in [6.07, 6.45) is 0.330. The summed E-state index contributed by atoms with van der Waals surface area (Å²) in [6, 6.07) is 8.53. The highest BCUT2D eigenvalue weighted by molar-refractivity contribution is 7.13. The summed E-state index contributed by atoms with van der Waals surface area (Å²) >= 11 is 0. The van der Waals surface area contributed by atoms with Crippen molar-refractivity contribution >= 4 is 27.2 Å². The van der Waals surface area contributed by atoms with Gasteiger partial charge in [-0.25, -0.2) is 0 Å². The number of ether oxygens (including phenoxy) is 1. The molecule has 0 aliphatic rings. The van der Waals surface area contributed by atoms with E-state index in [1.807, 2.05) is 30.3 Å². The van der Waals surface area contributed by atoms with E-state index >= 15 is 0 Å². The van der Waals surface area contributed by atoms with Gasteiger partial charge in [-0.1, -0.05) is 39.7 Å². The van der Waals surface area contributed by atoms with E-state index in [0.717, 1.165) is 5.56 Å². The molecule has 1 aromatic carbocycles. The zero-order chi connectivity index (χ0) is 16.4. The van der Waals surface area contributed by atoms with Crippen molar-refractivity contribution in [1.82, 2.24) is 15.7 Å². The maximum Gasteiger partial charge on any atom is 0.325 e. The molecule has 2 amide bonds. The van der Waals surface area contributed by atoms with E-state index in [9.17, 15) is 14.4 Å². The average Bonchev–Trinajstić information content (AvgIpc) is 2.52. The molecule has 7 nitrogen and oxygen atoms in total. The zero-order valence-corrected chi connectivity index (χ0v) is 13.5. The number of nitrogens with one attached hydrogen (secondary N) is 3. The van der Waals surface area contributed by atoms with Gasteiger partial charge in [0, 0.05) is 6.42 Å². The molecule has 120 valence electrons. The molecule has 0 aliphatic heterocycles. The Hall–Kier alpha value is -1.98. The lowest BCUT2D eigenvalue weighted by Gasteiger charge is -2.18. The number of hydrogen-bond donors (Lipinski definition) is 3. The van der Waals surface area contributed by atoms with E-state index < -0.39 is 17.9 Å². The van der Waals surface area contributed by atoms with Crippen LogP contribution in [0, 0.1) is 0 Å². The van der Waals surface area contributed by atoms with E-state index in [1.54, 1.807) is 0 Å². The molecule has 8 heteroatoms. The van der Waals surface area contributed by atoms with Crippen molar-refractivity contribution in [3.8, 4) is 0 Å². The summed E-state index contributed by atoms with van der Waals surface area (Å²) in [5.74, 6) is -1.31. The number of esters is 1. The maximum absolute atomic E-state index is 12.1. The molecule has 1 rings (SSSR count). The van der Waals surface area contributed by atoms with Gasteiger partial charge in [0.2, 0.25) is 11.8 Å². The second-order valence-corrected chi connectivity index (χ2v) is 4.89. The van der Waals surface area contributed by atoms with Crippen molar-refractivity contribution in [2.24, 2.45) is 0 Å². The highest BCUT2D eigenvalue weighted by Gasteiger charge is 2.21. The SMILES string of the molecule is COC(=O)CNC(=O)C(Cc1ccccc1)NC(=O)CNP. The van der Waals surface area contributed by atoms with Crippen LogP contribution in [0.1, 0.15) is 5.56 Å². The molecule has 0 aliphatic carbocycles. The molecule has 2 unspecified atom stereocenters. The quantitative estimate of drug-likeness (QED) is 0.437. The predicted octanol–water partition coefficient (Wildman–Crippen LogP) is -0.617. The summed E-state index contributed by atoms with van der Waals surface area (Å²) in [7, 11) is 3.45. The Morgan fingerprint density at radius 2 is 1.86 bits per heavy atom. The van der Waals surface area contributed by atoms with E-state index in [1.165, 1.54) is 7.11 Å². The fourth-order valence-corrected chi connectivity index (χ4v) is 1.94. The van der Waals surface area contributed by atoms with Crippen molar-refractivity contribution in [2.75, 3.05) is 20.2 Å². The van der Waals surface area contributed by atoms with Gasteiger partial charge in [0.15, 0.2) is 0 Å². The monoisotopic (exact) mass is 325 g/mol. The molecule has 0 aromatic heterocycles. The number of carbonyl (C=O) groups is 3. The molecule has 0 saturated carbocycles. The molecule has 3 N–H and O–H groups in total. The molecule has 0 saturated heterocycles. The van der Waals surface area contributed by atoms with Gasteiger partial charge in [-0.05, 0) is 5.56 Å². The van der Waals surface area contributed by atoms with Crippen molar-refractivity contribution in [2.45, 2.75) is 12.5 Å². The molecule has 22 heavy (non-hydrogen) atoms. The Morgan fingerprint density at radius 1 is 1.18 bits per heavy atom. The Labute approximate surface area is 131 Å². The first-order chi connectivity index (χ1) is 10.6. The first kappa shape index (κ1) is 18.1. The number of carbonyl (C=O) groups excluding carboxylic acids is 3. The molecule has 0 spiro atoms. The smallest absolute Gasteiger partial charge is 0.325 e. The van der Waals surface area contributed by atoms with Crippen LogP contribution in [0.2, 0.25) is 0 Å².